The molecule has 2 aromatic rings. The Kier molecular flexibility index (Phi) is 6.82. The molecule has 5 nitrogen and oxygen atoms in total. The standard InChI is InChI=1S/C23H29N3O2/c1-25(2)14-13-24-22(27)16-19-9-6-10-21(15-19)26(23(28)20-11-12-20)17-18-7-4-3-5-8-18/h3-10,15,20H,11-14,16-17H2,1-2H3,(H,24,27). The fraction of sp³-hybridized carbons (Fsp3) is 0.391. The minimum atomic E-state index is 0.00197. The Balaban J connectivity index is 1.71. The summed E-state index contributed by atoms with van der Waals surface area (Å²) in [5, 5.41) is 2.94. The Hall–Kier alpha value is -2.66. The van der Waals surface area contributed by atoms with Gasteiger partial charge < -0.3 is 15.1 Å². The van der Waals surface area contributed by atoms with Crippen molar-refractivity contribution in [2.24, 2.45) is 5.92 Å². The molecular formula is C23H29N3O2. The first kappa shape index (κ1) is 20.1. The van der Waals surface area contributed by atoms with Crippen LogP contribution < -0.4 is 10.2 Å². The Bertz CT molecular complexity index is 801. The molecule has 28 heavy (non-hydrogen) atoms. The summed E-state index contributed by atoms with van der Waals surface area (Å²) in [7, 11) is 3.96. The number of carbonyl (C=O) groups is 2. The van der Waals surface area contributed by atoms with Crippen LogP contribution in [0.5, 0.6) is 0 Å². The number of nitrogens with one attached hydrogen (secondary N) is 1. The minimum absolute atomic E-state index is 0.00197. The molecule has 0 aromatic heterocycles. The fourth-order valence-electron chi connectivity index (χ4n) is 3.11. The predicted octanol–water partition coefficient (Wildman–Crippen LogP) is 2.85. The Morgan fingerprint density at radius 2 is 1.71 bits per heavy atom. The van der Waals surface area contributed by atoms with E-state index in [-0.39, 0.29) is 17.7 Å². The number of likely N-dealkylation sites (N-methyl/N-ethyl adjacent to an activating group) is 1. The van der Waals surface area contributed by atoms with Crippen molar-refractivity contribution in [3.8, 4) is 0 Å². The van der Waals surface area contributed by atoms with Gasteiger partial charge in [0.25, 0.3) is 0 Å². The molecule has 148 valence electrons. The summed E-state index contributed by atoms with van der Waals surface area (Å²) in [6.07, 6.45) is 2.26. The number of nitrogens with zero attached hydrogens (tertiary/aromatic N) is 2. The van der Waals surface area contributed by atoms with Crippen molar-refractivity contribution in [3.05, 3.63) is 65.7 Å². The molecule has 0 spiro atoms. The number of rotatable bonds is 9. The van der Waals surface area contributed by atoms with Crippen LogP contribution in [0.2, 0.25) is 0 Å². The molecule has 0 radical (unpaired) electrons. The predicted molar refractivity (Wildman–Crippen MR) is 112 cm³/mol. The van der Waals surface area contributed by atoms with Crippen molar-refractivity contribution in [2.45, 2.75) is 25.8 Å². The summed E-state index contributed by atoms with van der Waals surface area (Å²) >= 11 is 0. The fourth-order valence-corrected chi connectivity index (χ4v) is 3.11. The van der Waals surface area contributed by atoms with E-state index in [1.54, 1.807) is 0 Å². The summed E-state index contributed by atoms with van der Waals surface area (Å²) in [4.78, 5) is 29.0. The van der Waals surface area contributed by atoms with Gasteiger partial charge in [-0.3, -0.25) is 9.59 Å². The molecule has 1 fully saturated rings. The molecule has 3 rings (SSSR count). The minimum Gasteiger partial charge on any atom is -0.355 e. The topological polar surface area (TPSA) is 52.7 Å². The lowest BCUT2D eigenvalue weighted by Gasteiger charge is -2.24. The van der Waals surface area contributed by atoms with Crippen LogP contribution in [-0.2, 0) is 22.6 Å². The van der Waals surface area contributed by atoms with E-state index in [1.807, 2.05) is 78.5 Å². The van der Waals surface area contributed by atoms with Crippen molar-refractivity contribution in [1.29, 1.82) is 0 Å². The quantitative estimate of drug-likeness (QED) is 0.729. The molecule has 0 aliphatic heterocycles. The lowest BCUT2D eigenvalue weighted by atomic mass is 10.1. The lowest BCUT2D eigenvalue weighted by molar-refractivity contribution is -0.120. The van der Waals surface area contributed by atoms with Crippen LogP contribution in [0, 0.1) is 5.92 Å². The monoisotopic (exact) mass is 379 g/mol. The third-order valence-corrected chi connectivity index (χ3v) is 4.84. The van der Waals surface area contributed by atoms with Gasteiger partial charge in [0.05, 0.1) is 13.0 Å². The molecule has 1 N–H and O–H groups in total. The maximum absolute atomic E-state index is 12.9. The van der Waals surface area contributed by atoms with Gasteiger partial charge in [0.15, 0.2) is 0 Å². The second-order valence-corrected chi connectivity index (χ2v) is 7.68. The second kappa shape index (κ2) is 9.51. The van der Waals surface area contributed by atoms with Crippen LogP contribution in [0.1, 0.15) is 24.0 Å². The maximum Gasteiger partial charge on any atom is 0.230 e. The molecule has 0 saturated heterocycles. The summed E-state index contributed by atoms with van der Waals surface area (Å²) in [6, 6.07) is 17.8. The zero-order valence-electron chi connectivity index (χ0n) is 16.7. The third kappa shape index (κ3) is 5.92. The second-order valence-electron chi connectivity index (χ2n) is 7.68. The van der Waals surface area contributed by atoms with E-state index >= 15 is 0 Å². The molecule has 1 aliphatic rings. The highest BCUT2D eigenvalue weighted by Gasteiger charge is 2.34. The zero-order valence-corrected chi connectivity index (χ0v) is 16.7. The summed E-state index contributed by atoms with van der Waals surface area (Å²) < 4.78 is 0. The van der Waals surface area contributed by atoms with Gasteiger partial charge in [0.1, 0.15) is 0 Å². The zero-order chi connectivity index (χ0) is 19.9. The number of benzene rings is 2. The molecule has 1 saturated carbocycles. The number of anilines is 1. The average molecular weight is 380 g/mol. The molecular weight excluding hydrogens is 350 g/mol. The van der Waals surface area contributed by atoms with Crippen LogP contribution in [0.25, 0.3) is 0 Å². The summed E-state index contributed by atoms with van der Waals surface area (Å²) in [6.45, 7) is 1.99. The van der Waals surface area contributed by atoms with Gasteiger partial charge in [0.2, 0.25) is 11.8 Å². The first-order valence-corrected chi connectivity index (χ1v) is 9.88. The van der Waals surface area contributed by atoms with E-state index < -0.39 is 0 Å². The highest BCUT2D eigenvalue weighted by atomic mass is 16.2. The van der Waals surface area contributed by atoms with Gasteiger partial charge in [-0.25, -0.2) is 0 Å². The first-order chi connectivity index (χ1) is 13.5. The third-order valence-electron chi connectivity index (χ3n) is 4.84. The highest BCUT2D eigenvalue weighted by molar-refractivity contribution is 5.96. The van der Waals surface area contributed by atoms with Crippen LogP contribution in [0.15, 0.2) is 54.6 Å². The number of amides is 2. The Morgan fingerprint density at radius 1 is 1.00 bits per heavy atom. The molecule has 2 amide bonds. The lowest BCUT2D eigenvalue weighted by Crippen LogP contribution is -2.33. The number of carbonyl (C=O) groups excluding carboxylic acids is 2. The summed E-state index contributed by atoms with van der Waals surface area (Å²) in [5.74, 6) is 0.320. The van der Waals surface area contributed by atoms with Crippen LogP contribution >= 0.6 is 0 Å². The number of hydrogen-bond acceptors (Lipinski definition) is 3. The van der Waals surface area contributed by atoms with Gasteiger partial charge in [-0.2, -0.15) is 0 Å². The molecule has 0 heterocycles. The van der Waals surface area contributed by atoms with E-state index in [1.165, 1.54) is 0 Å². The van der Waals surface area contributed by atoms with E-state index in [2.05, 4.69) is 5.32 Å². The van der Waals surface area contributed by atoms with Crippen molar-refractivity contribution < 1.29 is 9.59 Å². The van der Waals surface area contributed by atoms with Gasteiger partial charge >= 0.3 is 0 Å². The van der Waals surface area contributed by atoms with E-state index in [4.69, 9.17) is 0 Å². The largest absolute Gasteiger partial charge is 0.355 e. The van der Waals surface area contributed by atoms with Gasteiger partial charge in [-0.05, 0) is 50.2 Å². The molecule has 0 bridgehead atoms. The normalized spacial score (nSPS) is 13.4. The Labute approximate surface area is 167 Å². The molecule has 2 aromatic carbocycles. The number of hydrogen-bond donors (Lipinski definition) is 1. The van der Waals surface area contributed by atoms with Gasteiger partial charge in [0, 0.05) is 24.7 Å². The van der Waals surface area contributed by atoms with Gasteiger partial charge in [-0.15, -0.1) is 0 Å². The van der Waals surface area contributed by atoms with E-state index in [0.717, 1.165) is 36.2 Å². The van der Waals surface area contributed by atoms with Crippen LogP contribution in [0.3, 0.4) is 0 Å². The van der Waals surface area contributed by atoms with Crippen molar-refractivity contribution >= 4 is 17.5 Å². The molecule has 0 unspecified atom stereocenters. The highest BCUT2D eigenvalue weighted by Crippen LogP contribution is 2.33. The van der Waals surface area contributed by atoms with Gasteiger partial charge in [-0.1, -0.05) is 42.5 Å². The van der Waals surface area contributed by atoms with E-state index in [0.29, 0.717) is 19.5 Å². The molecule has 0 atom stereocenters. The van der Waals surface area contributed by atoms with Crippen molar-refractivity contribution in [2.75, 3.05) is 32.1 Å². The van der Waals surface area contributed by atoms with Crippen LogP contribution in [0.4, 0.5) is 5.69 Å². The van der Waals surface area contributed by atoms with E-state index in [9.17, 15) is 9.59 Å². The SMILES string of the molecule is CN(C)CCNC(=O)Cc1cccc(N(Cc2ccccc2)C(=O)C2CC2)c1. The smallest absolute Gasteiger partial charge is 0.230 e. The summed E-state index contributed by atoms with van der Waals surface area (Å²) in [5.41, 5.74) is 2.88. The molecule has 5 heteroatoms. The maximum atomic E-state index is 12.9. The van der Waals surface area contributed by atoms with Crippen molar-refractivity contribution in [3.63, 3.8) is 0 Å². The molecule has 1 aliphatic carbocycles. The van der Waals surface area contributed by atoms with Crippen molar-refractivity contribution in [1.82, 2.24) is 10.2 Å². The average Bonchev–Trinajstić information content (AvgIpc) is 3.51. The Morgan fingerprint density at radius 3 is 2.39 bits per heavy atom. The first-order valence-electron chi connectivity index (χ1n) is 9.88. The van der Waals surface area contributed by atoms with Crippen LogP contribution in [-0.4, -0.2) is 43.9 Å².